The van der Waals surface area contributed by atoms with Crippen molar-refractivity contribution >= 4 is 24.0 Å². The molecule has 1 aromatic rings. The lowest BCUT2D eigenvalue weighted by atomic mass is 9.99. The fraction of sp³-hybridized carbons (Fsp3) is 0.167. The molecule has 18 heavy (non-hydrogen) atoms. The van der Waals surface area contributed by atoms with E-state index in [9.17, 15) is 19.2 Å². The summed E-state index contributed by atoms with van der Waals surface area (Å²) in [5, 5.41) is 2.38. The highest BCUT2D eigenvalue weighted by Crippen LogP contribution is 2.24. The van der Waals surface area contributed by atoms with Gasteiger partial charge in [-0.1, -0.05) is 0 Å². The van der Waals surface area contributed by atoms with Crippen LogP contribution in [-0.4, -0.2) is 43.0 Å². The van der Waals surface area contributed by atoms with E-state index in [1.54, 1.807) is 0 Å². The molecule has 0 aliphatic carbocycles. The quantitative estimate of drug-likeness (QED) is 0.592. The Morgan fingerprint density at radius 2 is 1.78 bits per heavy atom. The minimum absolute atomic E-state index is 0.0858. The Labute approximate surface area is 103 Å². The van der Waals surface area contributed by atoms with E-state index in [4.69, 9.17) is 0 Å². The monoisotopic (exact) mass is 246 g/mol. The first-order valence-corrected chi connectivity index (χ1v) is 5.19. The number of hydrogen-bond acceptors (Lipinski definition) is 4. The molecule has 1 N–H and O–H groups in total. The van der Waals surface area contributed by atoms with Crippen LogP contribution in [0, 0.1) is 0 Å². The zero-order valence-electron chi connectivity index (χ0n) is 9.81. The topological polar surface area (TPSA) is 83.6 Å². The summed E-state index contributed by atoms with van der Waals surface area (Å²) in [4.78, 5) is 46.9. The highest BCUT2D eigenvalue weighted by Gasteiger charge is 2.34. The van der Waals surface area contributed by atoms with Gasteiger partial charge < -0.3 is 5.32 Å². The Hall–Kier alpha value is -2.50. The molecule has 0 atom stereocenters. The van der Waals surface area contributed by atoms with Gasteiger partial charge in [0.05, 0.1) is 16.7 Å². The molecule has 0 unspecified atom stereocenters. The van der Waals surface area contributed by atoms with Crippen LogP contribution in [-0.2, 0) is 0 Å². The molecule has 0 spiro atoms. The summed E-state index contributed by atoms with van der Waals surface area (Å²) in [7, 11) is 2.77. The van der Waals surface area contributed by atoms with E-state index in [1.165, 1.54) is 26.2 Å². The maximum absolute atomic E-state index is 11.8. The average molecular weight is 246 g/mol. The molecule has 1 aliphatic rings. The number of nitrogens with zero attached hydrogens (tertiary/aromatic N) is 1. The number of fused-ring (bicyclic) bond motifs is 1. The normalized spacial score (nSPS) is 13.6. The molecular formula is C12H10N2O4. The van der Waals surface area contributed by atoms with Gasteiger partial charge in [0, 0.05) is 19.7 Å². The van der Waals surface area contributed by atoms with Crippen LogP contribution in [0.2, 0.25) is 0 Å². The van der Waals surface area contributed by atoms with Gasteiger partial charge in [-0.25, -0.2) is 0 Å². The van der Waals surface area contributed by atoms with E-state index >= 15 is 0 Å². The lowest BCUT2D eigenvalue weighted by Gasteiger charge is -2.04. The van der Waals surface area contributed by atoms with E-state index in [1.807, 2.05) is 0 Å². The number of imide groups is 1. The van der Waals surface area contributed by atoms with Crippen molar-refractivity contribution in [1.82, 2.24) is 10.2 Å². The standard InChI is InChI=1S/C12H10N2O4/c1-13-10(16)7-4-9-8(3-6(7)5-15)11(17)14(2)12(9)18/h3-5H,1-2H3,(H,13,16). The van der Waals surface area contributed by atoms with Gasteiger partial charge in [0.2, 0.25) is 0 Å². The molecule has 1 aromatic carbocycles. The van der Waals surface area contributed by atoms with Crippen molar-refractivity contribution in [3.05, 3.63) is 34.4 Å². The predicted octanol–water partition coefficient (Wildman–Crippen LogP) is 0.0845. The van der Waals surface area contributed by atoms with Crippen LogP contribution in [0.3, 0.4) is 0 Å². The van der Waals surface area contributed by atoms with E-state index in [2.05, 4.69) is 5.32 Å². The number of rotatable bonds is 2. The van der Waals surface area contributed by atoms with Gasteiger partial charge in [0.25, 0.3) is 17.7 Å². The molecule has 3 amide bonds. The van der Waals surface area contributed by atoms with Gasteiger partial charge in [0.1, 0.15) is 0 Å². The van der Waals surface area contributed by atoms with Crippen LogP contribution in [0.4, 0.5) is 0 Å². The largest absolute Gasteiger partial charge is 0.355 e. The summed E-state index contributed by atoms with van der Waals surface area (Å²) in [6.07, 6.45) is 0.487. The lowest BCUT2D eigenvalue weighted by Crippen LogP contribution is -2.24. The highest BCUT2D eigenvalue weighted by atomic mass is 16.2. The van der Waals surface area contributed by atoms with Crippen molar-refractivity contribution in [3.8, 4) is 0 Å². The van der Waals surface area contributed by atoms with E-state index < -0.39 is 17.7 Å². The van der Waals surface area contributed by atoms with E-state index in [0.717, 1.165) is 4.90 Å². The van der Waals surface area contributed by atoms with Crippen LogP contribution in [0.25, 0.3) is 0 Å². The third-order valence-corrected chi connectivity index (χ3v) is 2.86. The van der Waals surface area contributed by atoms with Crippen LogP contribution in [0.15, 0.2) is 12.1 Å². The van der Waals surface area contributed by atoms with Crippen LogP contribution >= 0.6 is 0 Å². The van der Waals surface area contributed by atoms with Gasteiger partial charge in [-0.05, 0) is 12.1 Å². The molecule has 0 radical (unpaired) electrons. The van der Waals surface area contributed by atoms with Crippen molar-refractivity contribution in [2.75, 3.05) is 14.1 Å². The summed E-state index contributed by atoms with van der Waals surface area (Å²) >= 11 is 0. The fourth-order valence-electron chi connectivity index (χ4n) is 1.85. The second kappa shape index (κ2) is 4.06. The van der Waals surface area contributed by atoms with Crippen LogP contribution in [0.5, 0.6) is 0 Å². The maximum Gasteiger partial charge on any atom is 0.261 e. The Morgan fingerprint density at radius 3 is 2.28 bits per heavy atom. The van der Waals surface area contributed by atoms with Crippen molar-refractivity contribution in [2.45, 2.75) is 0 Å². The van der Waals surface area contributed by atoms with Crippen molar-refractivity contribution in [2.24, 2.45) is 0 Å². The molecule has 0 aromatic heterocycles. The first-order chi connectivity index (χ1) is 8.51. The third kappa shape index (κ3) is 1.50. The molecule has 0 saturated carbocycles. The average Bonchev–Trinajstić information content (AvgIpc) is 2.61. The Balaban J connectivity index is 2.69. The Bertz CT molecular complexity index is 591. The number of carbonyl (C=O) groups is 4. The molecule has 0 fully saturated rings. The lowest BCUT2D eigenvalue weighted by molar-refractivity contribution is 0.0693. The smallest absolute Gasteiger partial charge is 0.261 e. The summed E-state index contributed by atoms with van der Waals surface area (Å²) in [6.45, 7) is 0. The molecular weight excluding hydrogens is 236 g/mol. The first kappa shape index (κ1) is 12.0. The minimum atomic E-state index is -0.477. The molecule has 6 nitrogen and oxygen atoms in total. The number of amides is 3. The highest BCUT2D eigenvalue weighted by molar-refractivity contribution is 6.22. The fourth-order valence-corrected chi connectivity index (χ4v) is 1.85. The SMILES string of the molecule is CNC(=O)c1cc2c(cc1C=O)C(=O)N(C)C2=O. The van der Waals surface area contributed by atoms with E-state index in [0.29, 0.717) is 6.29 Å². The zero-order chi connectivity index (χ0) is 13.4. The summed E-state index contributed by atoms with van der Waals surface area (Å²) in [6, 6.07) is 2.55. The number of benzene rings is 1. The van der Waals surface area contributed by atoms with Gasteiger partial charge >= 0.3 is 0 Å². The molecule has 92 valence electrons. The molecule has 1 heterocycles. The Morgan fingerprint density at radius 1 is 1.22 bits per heavy atom. The third-order valence-electron chi connectivity index (χ3n) is 2.86. The zero-order valence-corrected chi connectivity index (χ0v) is 9.81. The van der Waals surface area contributed by atoms with Crippen molar-refractivity contribution in [1.29, 1.82) is 0 Å². The van der Waals surface area contributed by atoms with Gasteiger partial charge in [-0.2, -0.15) is 0 Å². The van der Waals surface area contributed by atoms with Crippen molar-refractivity contribution < 1.29 is 19.2 Å². The summed E-state index contributed by atoms with van der Waals surface area (Å²) < 4.78 is 0. The Kier molecular flexibility index (Phi) is 2.70. The van der Waals surface area contributed by atoms with Gasteiger partial charge in [0.15, 0.2) is 6.29 Å². The van der Waals surface area contributed by atoms with Gasteiger partial charge in [-0.15, -0.1) is 0 Å². The molecule has 2 rings (SSSR count). The van der Waals surface area contributed by atoms with Gasteiger partial charge in [-0.3, -0.25) is 24.1 Å². The predicted molar refractivity (Wildman–Crippen MR) is 61.6 cm³/mol. The summed E-state index contributed by atoms with van der Waals surface area (Å²) in [5.74, 6) is -1.42. The van der Waals surface area contributed by atoms with Crippen LogP contribution in [0.1, 0.15) is 41.4 Å². The van der Waals surface area contributed by atoms with Crippen molar-refractivity contribution in [3.63, 3.8) is 0 Å². The minimum Gasteiger partial charge on any atom is -0.355 e. The summed E-state index contributed by atoms with van der Waals surface area (Å²) in [5.41, 5.74) is 0.469. The number of nitrogens with one attached hydrogen (secondary N) is 1. The molecule has 6 heteroatoms. The second-order valence-electron chi connectivity index (χ2n) is 3.85. The maximum atomic E-state index is 11.8. The number of hydrogen-bond donors (Lipinski definition) is 1. The molecule has 0 bridgehead atoms. The number of aldehydes is 1. The van der Waals surface area contributed by atoms with E-state index in [-0.39, 0.29) is 22.3 Å². The number of carbonyl (C=O) groups excluding carboxylic acids is 4. The van der Waals surface area contributed by atoms with Crippen LogP contribution < -0.4 is 5.32 Å². The molecule has 0 saturated heterocycles. The first-order valence-electron chi connectivity index (χ1n) is 5.19. The second-order valence-corrected chi connectivity index (χ2v) is 3.85. The molecule has 1 aliphatic heterocycles.